The largest absolute Gasteiger partial charge is 0.354 e. The highest BCUT2D eigenvalue weighted by atomic mass is 35.5. The second-order valence-electron chi connectivity index (χ2n) is 10.5. The number of nitrogens with one attached hydrogen (secondary N) is 1. The van der Waals surface area contributed by atoms with E-state index < -0.39 is 28.7 Å². The zero-order valence-corrected chi connectivity index (χ0v) is 26.6. The topological polar surface area (TPSA) is 90.0 Å². The fourth-order valence-corrected chi connectivity index (χ4v) is 5.87. The Bertz CT molecular complexity index is 1460. The molecule has 0 spiro atoms. The van der Waals surface area contributed by atoms with Crippen molar-refractivity contribution in [2.75, 3.05) is 31.5 Å². The van der Waals surface area contributed by atoms with Crippen LogP contribution in [0.3, 0.4) is 0 Å². The van der Waals surface area contributed by atoms with E-state index >= 15 is 0 Å². The highest BCUT2D eigenvalue weighted by molar-refractivity contribution is 7.90. The Balaban J connectivity index is 2.12. The second kappa shape index (κ2) is 15.2. The van der Waals surface area contributed by atoms with Crippen LogP contribution in [-0.2, 0) is 32.8 Å². The molecule has 0 saturated carbocycles. The Morgan fingerprint density at radius 2 is 1.62 bits per heavy atom. The number of anilines is 1. The number of amides is 2. The third-order valence-corrected chi connectivity index (χ3v) is 9.23. The average molecular weight is 613 g/mol. The molecule has 0 saturated heterocycles. The lowest BCUT2D eigenvalue weighted by Crippen LogP contribution is -2.54. The summed E-state index contributed by atoms with van der Waals surface area (Å²) < 4.78 is 29.4. The molecule has 3 aromatic carbocycles. The van der Waals surface area contributed by atoms with Crippen LogP contribution in [0.5, 0.6) is 0 Å². The van der Waals surface area contributed by atoms with Crippen molar-refractivity contribution in [3.63, 3.8) is 0 Å². The van der Waals surface area contributed by atoms with Gasteiger partial charge in [-0.25, -0.2) is 4.31 Å². The standard InChI is InChI=1S/C32H41ClN4O4S/c1-6-7-19-34-32(39)30(21-26-13-9-8-10-14-26)36(22-27-15-11-12-16-28(27)33)31(38)23-37(42(40,41)35(4)5)29-20-24(2)17-18-25(29)3/h8-18,20,30H,6-7,19,21-23H2,1-5H3,(H,34,39)/t30-/m1/s1. The quantitative estimate of drug-likeness (QED) is 0.256. The summed E-state index contributed by atoms with van der Waals surface area (Å²) in [5.74, 6) is -0.825. The van der Waals surface area contributed by atoms with Gasteiger partial charge in [-0.2, -0.15) is 12.7 Å². The van der Waals surface area contributed by atoms with Crippen LogP contribution < -0.4 is 9.62 Å². The molecule has 1 atom stereocenters. The van der Waals surface area contributed by atoms with Gasteiger partial charge in [-0.05, 0) is 54.7 Å². The molecule has 0 bridgehead atoms. The van der Waals surface area contributed by atoms with E-state index in [0.29, 0.717) is 28.4 Å². The molecule has 0 radical (unpaired) electrons. The Kier molecular flexibility index (Phi) is 12.0. The van der Waals surface area contributed by atoms with Gasteiger partial charge in [0.1, 0.15) is 12.6 Å². The van der Waals surface area contributed by atoms with Crippen molar-refractivity contribution in [1.29, 1.82) is 0 Å². The molecule has 2 amide bonds. The van der Waals surface area contributed by atoms with Crippen LogP contribution in [-0.4, -0.2) is 62.7 Å². The molecule has 0 aromatic heterocycles. The number of carbonyl (C=O) groups is 2. The molecule has 0 fully saturated rings. The van der Waals surface area contributed by atoms with E-state index in [4.69, 9.17) is 11.6 Å². The van der Waals surface area contributed by atoms with Crippen LogP contribution in [0.4, 0.5) is 5.69 Å². The minimum Gasteiger partial charge on any atom is -0.354 e. The lowest BCUT2D eigenvalue weighted by Gasteiger charge is -2.35. The van der Waals surface area contributed by atoms with Crippen LogP contribution >= 0.6 is 11.6 Å². The van der Waals surface area contributed by atoms with E-state index in [0.717, 1.165) is 32.6 Å². The van der Waals surface area contributed by atoms with Crippen molar-refractivity contribution in [1.82, 2.24) is 14.5 Å². The Morgan fingerprint density at radius 1 is 0.952 bits per heavy atom. The van der Waals surface area contributed by atoms with Crippen LogP contribution in [0.25, 0.3) is 0 Å². The van der Waals surface area contributed by atoms with E-state index in [-0.39, 0.29) is 18.9 Å². The van der Waals surface area contributed by atoms with E-state index in [1.54, 1.807) is 31.2 Å². The first-order valence-corrected chi connectivity index (χ1v) is 15.8. The van der Waals surface area contributed by atoms with E-state index in [2.05, 4.69) is 5.32 Å². The number of nitrogens with zero attached hydrogens (tertiary/aromatic N) is 3. The molecule has 1 N–H and O–H groups in total. The summed E-state index contributed by atoms with van der Waals surface area (Å²) in [6, 6.07) is 21.2. The van der Waals surface area contributed by atoms with Crippen molar-refractivity contribution in [3.05, 3.63) is 100 Å². The molecular weight excluding hydrogens is 572 g/mol. The number of benzene rings is 3. The Hall–Kier alpha value is -3.40. The molecule has 0 aliphatic heterocycles. The van der Waals surface area contributed by atoms with E-state index in [1.807, 2.05) is 62.4 Å². The third-order valence-electron chi connectivity index (χ3n) is 7.05. The first kappa shape index (κ1) is 33.1. The lowest BCUT2D eigenvalue weighted by atomic mass is 10.0. The van der Waals surface area contributed by atoms with Crippen LogP contribution in [0.15, 0.2) is 72.8 Å². The maximum absolute atomic E-state index is 14.4. The number of hydrogen-bond acceptors (Lipinski definition) is 4. The van der Waals surface area contributed by atoms with Crippen molar-refractivity contribution < 1.29 is 18.0 Å². The van der Waals surface area contributed by atoms with Crippen LogP contribution in [0.2, 0.25) is 5.02 Å². The van der Waals surface area contributed by atoms with E-state index in [1.165, 1.54) is 19.0 Å². The molecule has 8 nitrogen and oxygen atoms in total. The molecule has 0 aliphatic rings. The van der Waals surface area contributed by atoms with Gasteiger partial charge in [0.05, 0.1) is 5.69 Å². The van der Waals surface area contributed by atoms with E-state index in [9.17, 15) is 18.0 Å². The zero-order valence-electron chi connectivity index (χ0n) is 25.0. The number of unbranched alkanes of at least 4 members (excludes halogenated alkanes) is 1. The minimum absolute atomic E-state index is 0.0276. The molecule has 10 heteroatoms. The number of rotatable bonds is 14. The van der Waals surface area contributed by atoms with Gasteiger partial charge < -0.3 is 10.2 Å². The summed E-state index contributed by atoms with van der Waals surface area (Å²) in [5.41, 5.74) is 3.49. The lowest BCUT2D eigenvalue weighted by molar-refractivity contribution is -0.140. The smallest absolute Gasteiger partial charge is 0.304 e. The summed E-state index contributed by atoms with van der Waals surface area (Å²) >= 11 is 6.52. The molecule has 0 unspecified atom stereocenters. The SMILES string of the molecule is CCCCNC(=O)[C@@H](Cc1ccccc1)N(Cc1ccccc1Cl)C(=O)CN(c1cc(C)ccc1C)S(=O)(=O)N(C)C. The molecule has 226 valence electrons. The monoisotopic (exact) mass is 612 g/mol. The molecule has 3 rings (SSSR count). The van der Waals surface area contributed by atoms with Gasteiger partial charge in [-0.15, -0.1) is 0 Å². The molecule has 3 aromatic rings. The van der Waals surface area contributed by atoms with Crippen LogP contribution in [0, 0.1) is 13.8 Å². The Labute approximate surface area is 255 Å². The summed E-state index contributed by atoms with van der Waals surface area (Å²) in [4.78, 5) is 29.5. The van der Waals surface area contributed by atoms with Crippen molar-refractivity contribution >= 4 is 39.3 Å². The molecule has 0 heterocycles. The number of carbonyl (C=O) groups excluding carboxylic acids is 2. The summed E-state index contributed by atoms with van der Waals surface area (Å²) in [5, 5.41) is 3.44. The Morgan fingerprint density at radius 3 is 2.26 bits per heavy atom. The van der Waals surface area contributed by atoms with Crippen molar-refractivity contribution in [2.24, 2.45) is 0 Å². The highest BCUT2D eigenvalue weighted by Gasteiger charge is 2.35. The number of hydrogen-bond donors (Lipinski definition) is 1. The predicted molar refractivity (Wildman–Crippen MR) is 170 cm³/mol. The molecule has 0 aliphatic carbocycles. The van der Waals surface area contributed by atoms with Gasteiger partial charge in [0.15, 0.2) is 0 Å². The number of aryl methyl sites for hydroxylation is 2. The molecular formula is C32H41ClN4O4S. The minimum atomic E-state index is -4.07. The van der Waals surface area contributed by atoms with Crippen LogP contribution in [0.1, 0.15) is 42.0 Å². The summed E-state index contributed by atoms with van der Waals surface area (Å²) in [6.45, 7) is 5.71. The van der Waals surface area contributed by atoms with Gasteiger partial charge >= 0.3 is 10.2 Å². The normalized spacial score (nSPS) is 12.2. The van der Waals surface area contributed by atoms with Gasteiger partial charge in [0.2, 0.25) is 11.8 Å². The highest BCUT2D eigenvalue weighted by Crippen LogP contribution is 2.27. The first-order chi connectivity index (χ1) is 19.9. The summed E-state index contributed by atoms with van der Waals surface area (Å²) in [7, 11) is -1.21. The summed E-state index contributed by atoms with van der Waals surface area (Å²) in [6.07, 6.45) is 1.95. The molecule has 42 heavy (non-hydrogen) atoms. The maximum Gasteiger partial charge on any atom is 0.304 e. The first-order valence-electron chi connectivity index (χ1n) is 14.1. The van der Waals surface area contributed by atoms with Crippen molar-refractivity contribution in [3.8, 4) is 0 Å². The van der Waals surface area contributed by atoms with Gasteiger partial charge in [-0.1, -0.05) is 85.6 Å². The van der Waals surface area contributed by atoms with Gasteiger partial charge in [0.25, 0.3) is 0 Å². The fraction of sp³-hybridized carbons (Fsp3) is 0.375. The number of halogens is 1. The van der Waals surface area contributed by atoms with Gasteiger partial charge in [0, 0.05) is 38.6 Å². The van der Waals surface area contributed by atoms with Crippen molar-refractivity contribution in [2.45, 2.75) is 52.6 Å². The zero-order chi connectivity index (χ0) is 30.9. The predicted octanol–water partition coefficient (Wildman–Crippen LogP) is 5.13. The average Bonchev–Trinajstić information content (AvgIpc) is 2.96. The maximum atomic E-state index is 14.4. The third kappa shape index (κ3) is 8.56. The second-order valence-corrected chi connectivity index (χ2v) is 13.0. The van der Waals surface area contributed by atoms with Gasteiger partial charge in [-0.3, -0.25) is 9.59 Å². The fourth-order valence-electron chi connectivity index (χ4n) is 4.56.